The Kier molecular flexibility index (Phi) is 6.75. The predicted molar refractivity (Wildman–Crippen MR) is 86.3 cm³/mol. The monoisotopic (exact) mass is 376 g/mol. The number of hydrogen-bond acceptors (Lipinski definition) is 6. The maximum Gasteiger partial charge on any atom is 0.422 e. The molecule has 1 fully saturated rings. The molecule has 0 unspecified atom stereocenters. The summed E-state index contributed by atoms with van der Waals surface area (Å²) in [5.74, 6) is -0.996. The zero-order chi connectivity index (χ0) is 19.2. The lowest BCUT2D eigenvalue weighted by Gasteiger charge is -2.27. The van der Waals surface area contributed by atoms with Crippen molar-refractivity contribution in [3.8, 4) is 5.75 Å². The number of carbonyl (C=O) groups excluding carboxylic acids is 1. The Morgan fingerprint density at radius 2 is 2.04 bits per heavy atom. The molecule has 2 N–H and O–H groups in total. The molecule has 144 valence electrons. The maximum absolute atomic E-state index is 12.2. The number of nitro groups is 1. The maximum atomic E-state index is 12.2. The summed E-state index contributed by atoms with van der Waals surface area (Å²) in [6.45, 7) is 2.65. The number of nitrogens with zero attached hydrogens (tertiary/aromatic N) is 2. The highest BCUT2D eigenvalue weighted by atomic mass is 19.4. The lowest BCUT2D eigenvalue weighted by Crippen LogP contribution is -2.46. The van der Waals surface area contributed by atoms with Gasteiger partial charge in [0.2, 0.25) is 0 Å². The summed E-state index contributed by atoms with van der Waals surface area (Å²) in [5, 5.41) is 16.8. The van der Waals surface area contributed by atoms with Gasteiger partial charge in [0.1, 0.15) is 11.3 Å². The fourth-order valence-corrected chi connectivity index (χ4v) is 2.47. The molecule has 8 nitrogen and oxygen atoms in total. The van der Waals surface area contributed by atoms with Gasteiger partial charge in [-0.15, -0.1) is 0 Å². The van der Waals surface area contributed by atoms with Crippen LogP contribution < -0.4 is 15.4 Å². The number of alkyl halides is 3. The van der Waals surface area contributed by atoms with Gasteiger partial charge in [0, 0.05) is 45.3 Å². The average Bonchev–Trinajstić information content (AvgIpc) is 2.60. The topological polar surface area (TPSA) is 96.7 Å². The molecule has 1 aliphatic heterocycles. The Bertz CT molecular complexity index is 648. The molecule has 1 heterocycles. The lowest BCUT2D eigenvalue weighted by molar-refractivity contribution is -0.385. The number of nitrogens with one attached hydrogen (secondary N) is 2. The largest absolute Gasteiger partial charge is 0.484 e. The zero-order valence-corrected chi connectivity index (χ0v) is 13.8. The summed E-state index contributed by atoms with van der Waals surface area (Å²) >= 11 is 0. The van der Waals surface area contributed by atoms with Crippen molar-refractivity contribution in [3.63, 3.8) is 0 Å². The van der Waals surface area contributed by atoms with Crippen LogP contribution >= 0.6 is 0 Å². The Morgan fingerprint density at radius 3 is 2.65 bits per heavy atom. The van der Waals surface area contributed by atoms with E-state index < -0.39 is 29.3 Å². The first-order valence-electron chi connectivity index (χ1n) is 7.95. The average molecular weight is 376 g/mol. The third-order valence-electron chi connectivity index (χ3n) is 3.74. The Balaban J connectivity index is 2.01. The zero-order valence-electron chi connectivity index (χ0n) is 13.8. The number of benzene rings is 1. The van der Waals surface area contributed by atoms with Crippen molar-refractivity contribution in [3.05, 3.63) is 33.9 Å². The van der Waals surface area contributed by atoms with E-state index >= 15 is 0 Å². The Labute approximate surface area is 147 Å². The Morgan fingerprint density at radius 1 is 1.35 bits per heavy atom. The summed E-state index contributed by atoms with van der Waals surface area (Å²) in [6.07, 6.45) is -4.55. The van der Waals surface area contributed by atoms with Gasteiger partial charge in [-0.2, -0.15) is 13.2 Å². The summed E-state index contributed by atoms with van der Waals surface area (Å²) in [5.41, 5.74) is -0.834. The van der Waals surface area contributed by atoms with Gasteiger partial charge in [-0.3, -0.25) is 19.8 Å². The number of ether oxygens (including phenoxy) is 1. The summed E-state index contributed by atoms with van der Waals surface area (Å²) in [4.78, 5) is 24.7. The SMILES string of the molecule is O=C(NCCN1CCNCC1)c1cc(OCC(F)(F)F)ccc1[N+](=O)[O-]. The van der Waals surface area contributed by atoms with Gasteiger partial charge >= 0.3 is 6.18 Å². The van der Waals surface area contributed by atoms with Crippen LogP contribution in [-0.4, -0.2) is 67.8 Å². The van der Waals surface area contributed by atoms with E-state index in [4.69, 9.17) is 0 Å². The number of carbonyl (C=O) groups is 1. The molecular formula is C15H19F3N4O4. The van der Waals surface area contributed by atoms with Gasteiger partial charge in [-0.25, -0.2) is 0 Å². The highest BCUT2D eigenvalue weighted by molar-refractivity contribution is 5.98. The van der Waals surface area contributed by atoms with Crippen molar-refractivity contribution in [1.29, 1.82) is 0 Å². The van der Waals surface area contributed by atoms with Crippen LogP contribution in [0.25, 0.3) is 0 Å². The number of nitro benzene ring substituents is 1. The minimum Gasteiger partial charge on any atom is -0.484 e. The van der Waals surface area contributed by atoms with Crippen molar-refractivity contribution in [2.75, 3.05) is 45.9 Å². The first kappa shape index (κ1) is 19.9. The highest BCUT2D eigenvalue weighted by Gasteiger charge is 2.29. The van der Waals surface area contributed by atoms with Gasteiger partial charge in [-0.1, -0.05) is 0 Å². The number of hydrogen-bond donors (Lipinski definition) is 2. The number of piperazine rings is 1. The van der Waals surface area contributed by atoms with Crippen LogP contribution in [0.5, 0.6) is 5.75 Å². The van der Waals surface area contributed by atoms with Crippen LogP contribution in [0.1, 0.15) is 10.4 Å². The molecule has 0 radical (unpaired) electrons. The van der Waals surface area contributed by atoms with Gasteiger partial charge in [0.15, 0.2) is 6.61 Å². The molecule has 0 spiro atoms. The van der Waals surface area contributed by atoms with E-state index in [0.29, 0.717) is 6.54 Å². The van der Waals surface area contributed by atoms with E-state index in [9.17, 15) is 28.1 Å². The van der Waals surface area contributed by atoms with E-state index in [1.807, 2.05) is 0 Å². The molecule has 2 rings (SSSR count). The fraction of sp³-hybridized carbons (Fsp3) is 0.533. The van der Waals surface area contributed by atoms with Crippen molar-refractivity contribution in [2.24, 2.45) is 0 Å². The molecule has 1 aromatic carbocycles. The highest BCUT2D eigenvalue weighted by Crippen LogP contribution is 2.25. The molecular weight excluding hydrogens is 357 g/mol. The smallest absolute Gasteiger partial charge is 0.422 e. The van der Waals surface area contributed by atoms with E-state index in [1.165, 1.54) is 0 Å². The van der Waals surface area contributed by atoms with Gasteiger partial charge in [0.05, 0.1) is 4.92 Å². The second-order valence-electron chi connectivity index (χ2n) is 5.69. The third kappa shape index (κ3) is 6.15. The molecule has 11 heteroatoms. The number of amides is 1. The molecule has 1 amide bonds. The van der Waals surface area contributed by atoms with E-state index in [-0.39, 0.29) is 17.9 Å². The molecule has 26 heavy (non-hydrogen) atoms. The lowest BCUT2D eigenvalue weighted by atomic mass is 10.1. The summed E-state index contributed by atoms with van der Waals surface area (Å²) in [7, 11) is 0. The molecule has 0 aromatic heterocycles. The van der Waals surface area contributed by atoms with Gasteiger partial charge < -0.3 is 15.4 Å². The van der Waals surface area contributed by atoms with Crippen LogP contribution in [0.2, 0.25) is 0 Å². The second kappa shape index (κ2) is 8.81. The minimum absolute atomic E-state index is 0.264. The van der Waals surface area contributed by atoms with Crippen molar-refractivity contribution < 1.29 is 27.6 Å². The fourth-order valence-electron chi connectivity index (χ4n) is 2.47. The summed E-state index contributed by atoms with van der Waals surface area (Å²) in [6, 6.07) is 2.93. The third-order valence-corrected chi connectivity index (χ3v) is 3.74. The molecule has 0 aliphatic carbocycles. The van der Waals surface area contributed by atoms with Crippen molar-refractivity contribution >= 4 is 11.6 Å². The van der Waals surface area contributed by atoms with E-state index in [2.05, 4.69) is 20.3 Å². The van der Waals surface area contributed by atoms with Crippen LogP contribution in [0.3, 0.4) is 0 Å². The minimum atomic E-state index is -4.55. The second-order valence-corrected chi connectivity index (χ2v) is 5.69. The first-order valence-corrected chi connectivity index (χ1v) is 7.95. The quantitative estimate of drug-likeness (QED) is 0.548. The molecule has 1 aromatic rings. The number of halogens is 3. The van der Waals surface area contributed by atoms with Crippen LogP contribution in [0.15, 0.2) is 18.2 Å². The van der Waals surface area contributed by atoms with Gasteiger partial charge in [-0.05, 0) is 12.1 Å². The molecule has 0 atom stereocenters. The standard InChI is InChI=1S/C15H19F3N4O4/c16-15(17,18)10-26-11-1-2-13(22(24)25)12(9-11)14(23)20-5-8-21-6-3-19-4-7-21/h1-2,9,19H,3-8,10H2,(H,20,23). The van der Waals surface area contributed by atoms with Crippen molar-refractivity contribution in [2.45, 2.75) is 6.18 Å². The Hall–Kier alpha value is -2.40. The number of rotatable bonds is 7. The molecule has 0 saturated carbocycles. The molecule has 1 aliphatic rings. The van der Waals surface area contributed by atoms with Crippen LogP contribution in [0.4, 0.5) is 18.9 Å². The van der Waals surface area contributed by atoms with E-state index in [1.54, 1.807) is 0 Å². The first-order chi connectivity index (χ1) is 12.3. The van der Waals surface area contributed by atoms with Crippen LogP contribution in [-0.2, 0) is 0 Å². The van der Waals surface area contributed by atoms with Crippen LogP contribution in [0, 0.1) is 10.1 Å². The summed E-state index contributed by atoms with van der Waals surface area (Å²) < 4.78 is 41.2. The van der Waals surface area contributed by atoms with Crippen molar-refractivity contribution in [1.82, 2.24) is 15.5 Å². The predicted octanol–water partition coefficient (Wildman–Crippen LogP) is 1.17. The van der Waals surface area contributed by atoms with Gasteiger partial charge in [0.25, 0.3) is 11.6 Å². The normalized spacial score (nSPS) is 15.5. The molecule has 0 bridgehead atoms. The molecule has 1 saturated heterocycles. The van der Waals surface area contributed by atoms with E-state index in [0.717, 1.165) is 44.4 Å².